The van der Waals surface area contributed by atoms with Gasteiger partial charge in [-0.25, -0.2) is 4.79 Å². The molecule has 2 aliphatic rings. The Morgan fingerprint density at radius 3 is 1.85 bits per heavy atom. The van der Waals surface area contributed by atoms with Gasteiger partial charge in [-0.05, 0) is 95.6 Å². The van der Waals surface area contributed by atoms with Crippen LogP contribution >= 0.6 is 23.2 Å². The summed E-state index contributed by atoms with van der Waals surface area (Å²) >= 11 is 14.0. The fourth-order valence-corrected chi connectivity index (χ4v) is 14.2. The van der Waals surface area contributed by atoms with Crippen molar-refractivity contribution in [1.29, 1.82) is 0 Å². The van der Waals surface area contributed by atoms with Gasteiger partial charge in [0.1, 0.15) is 0 Å². The van der Waals surface area contributed by atoms with Gasteiger partial charge in [-0.15, -0.1) is 0 Å². The number of carbonyl (C=O) groups is 2. The van der Waals surface area contributed by atoms with E-state index in [0.717, 1.165) is 48.8 Å². The summed E-state index contributed by atoms with van der Waals surface area (Å²) in [6, 6.07) is 10.5. The van der Waals surface area contributed by atoms with Gasteiger partial charge in [0.05, 0.1) is 5.56 Å². The first-order valence-corrected chi connectivity index (χ1v) is 18.0. The zero-order valence-corrected chi connectivity index (χ0v) is 27.7. The average Bonchev–Trinajstić information content (AvgIpc) is 3.34. The largest absolute Gasteiger partial charge is 0.478 e. The molecule has 8 heteroatoms. The summed E-state index contributed by atoms with van der Waals surface area (Å²) in [5.41, 5.74) is 4.39. The molecule has 1 saturated heterocycles. The van der Waals surface area contributed by atoms with E-state index < -0.39 is 14.3 Å². The van der Waals surface area contributed by atoms with Gasteiger partial charge in [-0.3, -0.25) is 4.79 Å². The summed E-state index contributed by atoms with van der Waals surface area (Å²) in [6.45, 7) is 14.7. The highest BCUT2D eigenvalue weighted by molar-refractivity contribution is 6.77. The Morgan fingerprint density at radius 2 is 1.41 bits per heavy atom. The normalized spacial score (nSPS) is 22.4. The van der Waals surface area contributed by atoms with Crippen molar-refractivity contribution in [1.82, 2.24) is 5.32 Å². The van der Waals surface area contributed by atoms with Crippen LogP contribution in [0.25, 0.3) is 11.1 Å². The number of nitrogens with one attached hydrogen (secondary N) is 1. The van der Waals surface area contributed by atoms with Crippen LogP contribution in [0.4, 0.5) is 0 Å². The van der Waals surface area contributed by atoms with Gasteiger partial charge in [-0.1, -0.05) is 76.9 Å². The van der Waals surface area contributed by atoms with Crippen LogP contribution in [0.5, 0.6) is 0 Å². The number of benzene rings is 2. The van der Waals surface area contributed by atoms with E-state index in [1.165, 1.54) is 0 Å². The zero-order chi connectivity index (χ0) is 30.1. The number of carboxylic acids is 1. The minimum Gasteiger partial charge on any atom is -0.478 e. The second-order valence-electron chi connectivity index (χ2n) is 12.9. The van der Waals surface area contributed by atoms with E-state index in [-0.39, 0.29) is 35.3 Å². The van der Waals surface area contributed by atoms with E-state index in [1.54, 1.807) is 24.3 Å². The quantitative estimate of drug-likeness (QED) is 0.260. The SMILES string of the molecule is CC(C)[Si](OC1CCC(C(c2c(Cl)cc(-c3ccc(C(=O)O)cc3)cc2Cl)[C@H]2CCNC2=O)CC1)(C(C)C)C(C)C. The highest BCUT2D eigenvalue weighted by atomic mass is 35.5. The first-order valence-electron chi connectivity index (χ1n) is 15.1. The molecule has 41 heavy (non-hydrogen) atoms. The summed E-state index contributed by atoms with van der Waals surface area (Å²) in [5.74, 6) is -0.827. The maximum atomic E-state index is 13.0. The lowest BCUT2D eigenvalue weighted by atomic mass is 9.69. The molecule has 0 spiro atoms. The lowest BCUT2D eigenvalue weighted by molar-refractivity contribution is -0.123. The maximum absolute atomic E-state index is 13.0. The monoisotopic (exact) mass is 617 g/mol. The van der Waals surface area contributed by atoms with Crippen LogP contribution in [0, 0.1) is 11.8 Å². The average molecular weight is 619 g/mol. The highest BCUT2D eigenvalue weighted by Gasteiger charge is 2.48. The van der Waals surface area contributed by atoms with E-state index in [1.807, 2.05) is 12.1 Å². The molecule has 1 unspecified atom stereocenters. The fraction of sp³-hybridized carbons (Fsp3) is 0.576. The van der Waals surface area contributed by atoms with E-state index in [4.69, 9.17) is 27.6 Å². The Hall–Kier alpha value is -1.86. The lowest BCUT2D eigenvalue weighted by Gasteiger charge is -2.46. The van der Waals surface area contributed by atoms with Crippen LogP contribution in [-0.2, 0) is 9.22 Å². The van der Waals surface area contributed by atoms with E-state index in [0.29, 0.717) is 33.2 Å². The maximum Gasteiger partial charge on any atom is 0.335 e. The molecule has 2 fully saturated rings. The van der Waals surface area contributed by atoms with Crippen molar-refractivity contribution in [3.05, 3.63) is 57.6 Å². The van der Waals surface area contributed by atoms with Crippen LogP contribution in [0.1, 0.15) is 95.5 Å². The van der Waals surface area contributed by atoms with E-state index in [2.05, 4.69) is 46.9 Å². The predicted molar refractivity (Wildman–Crippen MR) is 171 cm³/mol. The topological polar surface area (TPSA) is 75.6 Å². The third-order valence-electron chi connectivity index (χ3n) is 9.71. The van der Waals surface area contributed by atoms with Crippen molar-refractivity contribution in [2.24, 2.45) is 11.8 Å². The van der Waals surface area contributed by atoms with Crippen molar-refractivity contribution < 1.29 is 19.1 Å². The molecule has 2 atom stereocenters. The minimum absolute atomic E-state index is 0.0656. The van der Waals surface area contributed by atoms with E-state index >= 15 is 0 Å². The van der Waals surface area contributed by atoms with Gasteiger partial charge < -0.3 is 14.8 Å². The van der Waals surface area contributed by atoms with Crippen molar-refractivity contribution in [2.75, 3.05) is 6.54 Å². The summed E-state index contributed by atoms with van der Waals surface area (Å²) < 4.78 is 7.15. The Morgan fingerprint density at radius 1 is 0.878 bits per heavy atom. The number of carbonyl (C=O) groups excluding carboxylic acids is 1. The number of hydrogen-bond acceptors (Lipinski definition) is 3. The number of halogens is 2. The molecule has 0 aromatic heterocycles. The first-order chi connectivity index (χ1) is 19.4. The summed E-state index contributed by atoms with van der Waals surface area (Å²) in [6.07, 6.45) is 4.95. The third kappa shape index (κ3) is 6.56. The number of hydrogen-bond donors (Lipinski definition) is 2. The fourth-order valence-electron chi connectivity index (χ4n) is 7.86. The van der Waals surface area contributed by atoms with Gasteiger partial charge in [0, 0.05) is 34.5 Å². The molecule has 4 rings (SSSR count). The molecule has 1 heterocycles. The van der Waals surface area contributed by atoms with Gasteiger partial charge in [0.25, 0.3) is 0 Å². The Labute approximate surface area is 256 Å². The molecule has 5 nitrogen and oxygen atoms in total. The molecular formula is C33H45Cl2NO4Si. The minimum atomic E-state index is -1.97. The standard InChI is InChI=1S/C33H45Cl2NO4Si/c1-19(2)41(20(3)4,21(5)6)40-26-13-11-23(12-14-26)30(27-15-16-36-32(27)37)31-28(34)17-25(18-29(31)35)22-7-9-24(10-8-22)33(38)39/h7-10,17-21,23,26-27,30H,11-16H2,1-6H3,(H,36,37)(H,38,39)/t23?,26?,27-,30?/m1/s1. The van der Waals surface area contributed by atoms with Crippen LogP contribution < -0.4 is 5.32 Å². The van der Waals surface area contributed by atoms with Crippen LogP contribution in [0.2, 0.25) is 26.7 Å². The molecule has 1 aliphatic heterocycles. The summed E-state index contributed by atoms with van der Waals surface area (Å²) in [4.78, 5) is 24.3. The van der Waals surface area contributed by atoms with Crippen molar-refractivity contribution in [3.8, 4) is 11.1 Å². The van der Waals surface area contributed by atoms with Gasteiger partial charge >= 0.3 is 5.97 Å². The lowest BCUT2D eigenvalue weighted by Crippen LogP contribution is -2.50. The second kappa shape index (κ2) is 13.2. The van der Waals surface area contributed by atoms with Crippen LogP contribution in [-0.4, -0.2) is 37.9 Å². The van der Waals surface area contributed by atoms with E-state index in [9.17, 15) is 14.7 Å². The zero-order valence-electron chi connectivity index (χ0n) is 25.2. The third-order valence-corrected chi connectivity index (χ3v) is 16.5. The van der Waals surface area contributed by atoms with Crippen molar-refractivity contribution in [2.45, 2.75) is 102 Å². The van der Waals surface area contributed by atoms with Crippen molar-refractivity contribution >= 4 is 43.4 Å². The molecule has 2 aromatic carbocycles. The highest BCUT2D eigenvalue weighted by Crippen LogP contribution is 2.50. The molecule has 0 bridgehead atoms. The number of aromatic carboxylic acids is 1. The predicted octanol–water partition coefficient (Wildman–Crippen LogP) is 9.33. The second-order valence-corrected chi connectivity index (χ2v) is 19.1. The number of rotatable bonds is 10. The Balaban J connectivity index is 1.61. The smallest absolute Gasteiger partial charge is 0.335 e. The molecule has 2 aromatic rings. The van der Waals surface area contributed by atoms with Gasteiger partial charge in [-0.2, -0.15) is 0 Å². The Bertz CT molecular complexity index is 1190. The molecule has 224 valence electrons. The molecule has 2 N–H and O–H groups in total. The summed E-state index contributed by atoms with van der Waals surface area (Å²) in [7, 11) is -1.97. The molecule has 1 aliphatic carbocycles. The van der Waals surface area contributed by atoms with Crippen molar-refractivity contribution in [3.63, 3.8) is 0 Å². The molecule has 1 amide bonds. The number of carboxylic acid groups (broad SMARTS) is 1. The molecule has 1 saturated carbocycles. The Kier molecular flexibility index (Phi) is 10.3. The van der Waals surface area contributed by atoms with Crippen LogP contribution in [0.3, 0.4) is 0 Å². The number of amides is 1. The first kappa shape index (κ1) is 32.1. The molecule has 0 radical (unpaired) electrons. The molecular weight excluding hydrogens is 573 g/mol. The van der Waals surface area contributed by atoms with Gasteiger partial charge in [0.2, 0.25) is 14.2 Å². The van der Waals surface area contributed by atoms with Gasteiger partial charge in [0.15, 0.2) is 0 Å². The summed E-state index contributed by atoms with van der Waals surface area (Å²) in [5, 5.41) is 13.4. The van der Waals surface area contributed by atoms with Crippen LogP contribution in [0.15, 0.2) is 36.4 Å².